The molecule has 2 rings (SSSR count). The number of piperidine rings is 1. The summed E-state index contributed by atoms with van der Waals surface area (Å²) in [5.41, 5.74) is 0.0886. The number of hydrogen-bond donors (Lipinski definition) is 0. The average molecular weight is 297 g/mol. The van der Waals surface area contributed by atoms with Crippen LogP contribution in [0, 0.1) is 11.6 Å². The van der Waals surface area contributed by atoms with Crippen LogP contribution < -0.4 is 0 Å². The Morgan fingerprint density at radius 3 is 2.71 bits per heavy atom. The molecule has 1 heterocycles. The average Bonchev–Trinajstić information content (AvgIpc) is 2.49. The standard InChI is InChI=1S/C15H17F2NO3/c1-21-14(19)9-11-4-2-3-7-18(11)15(20)10-5-6-12(16)13(17)8-10/h5-6,8,11H,2-4,7,9H2,1H3. The van der Waals surface area contributed by atoms with E-state index in [-0.39, 0.29) is 29.9 Å². The fourth-order valence-electron chi connectivity index (χ4n) is 2.55. The van der Waals surface area contributed by atoms with Crippen LogP contribution >= 0.6 is 0 Å². The second-order valence-electron chi connectivity index (χ2n) is 5.06. The first-order valence-electron chi connectivity index (χ1n) is 6.85. The van der Waals surface area contributed by atoms with Gasteiger partial charge in [-0.25, -0.2) is 8.78 Å². The molecule has 1 atom stereocenters. The van der Waals surface area contributed by atoms with E-state index in [1.54, 1.807) is 4.90 Å². The number of rotatable bonds is 3. The summed E-state index contributed by atoms with van der Waals surface area (Å²) in [7, 11) is 1.30. The highest BCUT2D eigenvalue weighted by Gasteiger charge is 2.29. The van der Waals surface area contributed by atoms with E-state index in [9.17, 15) is 18.4 Å². The van der Waals surface area contributed by atoms with Gasteiger partial charge in [-0.15, -0.1) is 0 Å². The molecule has 114 valence electrons. The summed E-state index contributed by atoms with van der Waals surface area (Å²) in [6.07, 6.45) is 2.56. The first-order chi connectivity index (χ1) is 10.0. The van der Waals surface area contributed by atoms with Gasteiger partial charge in [-0.2, -0.15) is 0 Å². The molecule has 0 aromatic heterocycles. The number of carbonyl (C=O) groups is 2. The summed E-state index contributed by atoms with van der Waals surface area (Å²) in [5.74, 6) is -2.81. The predicted molar refractivity (Wildman–Crippen MR) is 71.7 cm³/mol. The van der Waals surface area contributed by atoms with Crippen LogP contribution in [0.4, 0.5) is 8.78 Å². The first-order valence-corrected chi connectivity index (χ1v) is 6.85. The van der Waals surface area contributed by atoms with Crippen LogP contribution in [-0.4, -0.2) is 36.5 Å². The van der Waals surface area contributed by atoms with Crippen LogP contribution in [0.3, 0.4) is 0 Å². The number of benzene rings is 1. The molecular formula is C15H17F2NO3. The Morgan fingerprint density at radius 1 is 1.29 bits per heavy atom. The van der Waals surface area contributed by atoms with Gasteiger partial charge < -0.3 is 9.64 Å². The fraction of sp³-hybridized carbons (Fsp3) is 0.467. The van der Waals surface area contributed by atoms with Gasteiger partial charge in [0.25, 0.3) is 5.91 Å². The zero-order valence-corrected chi connectivity index (χ0v) is 11.8. The zero-order valence-electron chi connectivity index (χ0n) is 11.8. The molecule has 0 aliphatic carbocycles. The van der Waals surface area contributed by atoms with Gasteiger partial charge in [-0.1, -0.05) is 0 Å². The van der Waals surface area contributed by atoms with Gasteiger partial charge in [-0.05, 0) is 37.5 Å². The lowest BCUT2D eigenvalue weighted by Crippen LogP contribution is -2.44. The Bertz CT molecular complexity index is 548. The van der Waals surface area contributed by atoms with E-state index in [0.29, 0.717) is 13.0 Å². The Labute approximate surface area is 121 Å². The van der Waals surface area contributed by atoms with Crippen molar-refractivity contribution in [3.63, 3.8) is 0 Å². The summed E-state index contributed by atoms with van der Waals surface area (Å²) in [5, 5.41) is 0. The van der Waals surface area contributed by atoms with Crippen LogP contribution in [0.5, 0.6) is 0 Å². The van der Waals surface area contributed by atoms with Crippen LogP contribution in [0.15, 0.2) is 18.2 Å². The number of methoxy groups -OCH3 is 1. The van der Waals surface area contributed by atoms with Crippen molar-refractivity contribution in [3.8, 4) is 0 Å². The quantitative estimate of drug-likeness (QED) is 0.805. The summed E-state index contributed by atoms with van der Waals surface area (Å²) < 4.78 is 30.8. The number of nitrogens with zero attached hydrogens (tertiary/aromatic N) is 1. The monoisotopic (exact) mass is 297 g/mol. The molecule has 0 N–H and O–H groups in total. The number of halogens is 2. The smallest absolute Gasteiger partial charge is 0.307 e. The summed E-state index contributed by atoms with van der Waals surface area (Å²) >= 11 is 0. The van der Waals surface area contributed by atoms with Crippen molar-refractivity contribution in [2.75, 3.05) is 13.7 Å². The molecule has 1 aromatic carbocycles. The van der Waals surface area contributed by atoms with Gasteiger partial charge in [0.1, 0.15) is 0 Å². The van der Waals surface area contributed by atoms with Crippen molar-refractivity contribution in [2.45, 2.75) is 31.7 Å². The van der Waals surface area contributed by atoms with Crippen LogP contribution in [-0.2, 0) is 9.53 Å². The highest BCUT2D eigenvalue weighted by molar-refractivity contribution is 5.94. The van der Waals surface area contributed by atoms with Crippen LogP contribution in [0.2, 0.25) is 0 Å². The molecule has 1 aliphatic heterocycles. The van der Waals surface area contributed by atoms with Crippen molar-refractivity contribution < 1.29 is 23.1 Å². The Hall–Kier alpha value is -1.98. The minimum absolute atomic E-state index is 0.0886. The van der Waals surface area contributed by atoms with Crippen molar-refractivity contribution >= 4 is 11.9 Å². The van der Waals surface area contributed by atoms with Crippen LogP contribution in [0.25, 0.3) is 0 Å². The minimum Gasteiger partial charge on any atom is -0.469 e. The molecule has 4 nitrogen and oxygen atoms in total. The topological polar surface area (TPSA) is 46.6 Å². The number of esters is 1. The summed E-state index contributed by atoms with van der Waals surface area (Å²) in [6, 6.07) is 2.82. The van der Waals surface area contributed by atoms with E-state index < -0.39 is 11.6 Å². The molecule has 0 spiro atoms. The maximum atomic E-state index is 13.2. The molecule has 1 fully saturated rings. The molecule has 1 aliphatic rings. The highest BCUT2D eigenvalue weighted by Crippen LogP contribution is 2.23. The lowest BCUT2D eigenvalue weighted by molar-refractivity contribution is -0.142. The Morgan fingerprint density at radius 2 is 2.05 bits per heavy atom. The Kier molecular flexibility index (Phi) is 4.88. The molecule has 1 aromatic rings. The third-order valence-corrected chi connectivity index (χ3v) is 3.68. The molecular weight excluding hydrogens is 280 g/mol. The molecule has 6 heteroatoms. The molecule has 1 amide bonds. The van der Waals surface area contributed by atoms with E-state index in [4.69, 9.17) is 0 Å². The first kappa shape index (κ1) is 15.4. The van der Waals surface area contributed by atoms with Crippen molar-refractivity contribution in [1.82, 2.24) is 4.90 Å². The summed E-state index contributed by atoms with van der Waals surface area (Å²) in [6.45, 7) is 0.499. The van der Waals surface area contributed by atoms with Crippen LogP contribution in [0.1, 0.15) is 36.0 Å². The van der Waals surface area contributed by atoms with Gasteiger partial charge in [0.05, 0.1) is 13.5 Å². The minimum atomic E-state index is -1.05. The van der Waals surface area contributed by atoms with Gasteiger partial charge in [-0.3, -0.25) is 9.59 Å². The van der Waals surface area contributed by atoms with E-state index in [1.807, 2.05) is 0 Å². The lowest BCUT2D eigenvalue weighted by Gasteiger charge is -2.35. The maximum absolute atomic E-state index is 13.2. The molecule has 0 saturated carbocycles. The number of hydrogen-bond acceptors (Lipinski definition) is 3. The lowest BCUT2D eigenvalue weighted by atomic mass is 9.98. The molecule has 0 radical (unpaired) electrons. The van der Waals surface area contributed by atoms with E-state index in [0.717, 1.165) is 25.0 Å². The normalized spacial score (nSPS) is 18.4. The van der Waals surface area contributed by atoms with Gasteiger partial charge in [0.15, 0.2) is 11.6 Å². The third kappa shape index (κ3) is 3.56. The molecule has 1 saturated heterocycles. The molecule has 1 unspecified atom stereocenters. The third-order valence-electron chi connectivity index (χ3n) is 3.68. The largest absolute Gasteiger partial charge is 0.469 e. The second-order valence-corrected chi connectivity index (χ2v) is 5.06. The van der Waals surface area contributed by atoms with Crippen molar-refractivity contribution in [2.24, 2.45) is 0 Å². The predicted octanol–water partition coefficient (Wildman–Crippen LogP) is 2.52. The molecule has 21 heavy (non-hydrogen) atoms. The second kappa shape index (κ2) is 6.65. The SMILES string of the molecule is COC(=O)CC1CCCCN1C(=O)c1ccc(F)c(F)c1. The van der Waals surface area contributed by atoms with E-state index in [1.165, 1.54) is 13.2 Å². The molecule has 0 bridgehead atoms. The van der Waals surface area contributed by atoms with Crippen molar-refractivity contribution in [1.29, 1.82) is 0 Å². The van der Waals surface area contributed by atoms with E-state index >= 15 is 0 Å². The van der Waals surface area contributed by atoms with Gasteiger partial charge in [0, 0.05) is 18.2 Å². The number of ether oxygens (including phenoxy) is 1. The fourth-order valence-corrected chi connectivity index (χ4v) is 2.55. The van der Waals surface area contributed by atoms with E-state index in [2.05, 4.69) is 4.74 Å². The summed E-state index contributed by atoms with van der Waals surface area (Å²) in [4.78, 5) is 25.4. The number of amides is 1. The van der Waals surface area contributed by atoms with Gasteiger partial charge >= 0.3 is 5.97 Å². The number of carbonyl (C=O) groups excluding carboxylic acids is 2. The number of likely N-dealkylation sites (tertiary alicyclic amines) is 1. The zero-order chi connectivity index (χ0) is 15.4. The van der Waals surface area contributed by atoms with Crippen molar-refractivity contribution in [3.05, 3.63) is 35.4 Å². The van der Waals surface area contributed by atoms with Gasteiger partial charge in [0.2, 0.25) is 0 Å². The Balaban J connectivity index is 2.17. The highest BCUT2D eigenvalue weighted by atomic mass is 19.2. The maximum Gasteiger partial charge on any atom is 0.307 e.